The fourth-order valence-electron chi connectivity index (χ4n) is 2.94. The number of rotatable bonds is 4. The zero-order valence-electron chi connectivity index (χ0n) is 13.5. The molecule has 6 heteroatoms. The van der Waals surface area contributed by atoms with Gasteiger partial charge in [-0.1, -0.05) is 37.8 Å². The summed E-state index contributed by atoms with van der Waals surface area (Å²) < 4.78 is 0.752. The maximum atomic E-state index is 12.3. The molecule has 5 nitrogen and oxygen atoms in total. The summed E-state index contributed by atoms with van der Waals surface area (Å²) in [5.74, 6) is 1.00. The van der Waals surface area contributed by atoms with E-state index in [1.165, 1.54) is 38.5 Å². The lowest BCUT2D eigenvalue weighted by molar-refractivity contribution is 0.102. The second kappa shape index (κ2) is 8.24. The number of aromatic nitrogens is 2. The van der Waals surface area contributed by atoms with Crippen molar-refractivity contribution in [3.05, 3.63) is 46.4 Å². The Kier molecular flexibility index (Phi) is 5.80. The standard InChI is InChI=1S/C18H21BrN4O/c19-15-10-6-5-9-14(15)18(24)21-17-12-11-16(22-23-17)20-13-7-3-1-2-4-8-13/h5-6,9-13H,1-4,7-8H2,(H,20,22)(H,21,23,24). The zero-order valence-corrected chi connectivity index (χ0v) is 15.1. The van der Waals surface area contributed by atoms with Gasteiger partial charge in [-0.15, -0.1) is 10.2 Å². The average Bonchev–Trinajstić information content (AvgIpc) is 2.86. The monoisotopic (exact) mass is 388 g/mol. The molecule has 1 aromatic carbocycles. The van der Waals surface area contributed by atoms with Crippen LogP contribution in [0.1, 0.15) is 48.9 Å². The lowest BCUT2D eigenvalue weighted by Gasteiger charge is -2.16. The van der Waals surface area contributed by atoms with Crippen LogP contribution in [0.2, 0.25) is 0 Å². The Balaban J connectivity index is 1.60. The topological polar surface area (TPSA) is 66.9 Å². The highest BCUT2D eigenvalue weighted by molar-refractivity contribution is 9.10. The molecule has 2 aromatic rings. The molecule has 1 saturated carbocycles. The van der Waals surface area contributed by atoms with Gasteiger partial charge in [-0.3, -0.25) is 4.79 Å². The normalized spacial score (nSPS) is 15.5. The van der Waals surface area contributed by atoms with Gasteiger partial charge in [0.05, 0.1) is 5.56 Å². The third-order valence-electron chi connectivity index (χ3n) is 4.23. The third kappa shape index (κ3) is 4.54. The lowest BCUT2D eigenvalue weighted by Crippen LogP contribution is -2.19. The summed E-state index contributed by atoms with van der Waals surface area (Å²) in [6.07, 6.45) is 7.55. The van der Waals surface area contributed by atoms with Gasteiger partial charge in [-0.05, 0) is 53.0 Å². The molecular weight excluding hydrogens is 368 g/mol. The first-order valence-electron chi connectivity index (χ1n) is 8.38. The van der Waals surface area contributed by atoms with Gasteiger partial charge in [0.15, 0.2) is 5.82 Å². The van der Waals surface area contributed by atoms with Crippen LogP contribution < -0.4 is 10.6 Å². The van der Waals surface area contributed by atoms with E-state index in [2.05, 4.69) is 36.8 Å². The summed E-state index contributed by atoms with van der Waals surface area (Å²) in [6, 6.07) is 11.4. The van der Waals surface area contributed by atoms with Crippen LogP contribution >= 0.6 is 15.9 Å². The number of hydrogen-bond donors (Lipinski definition) is 2. The molecule has 126 valence electrons. The van der Waals surface area contributed by atoms with E-state index in [1.807, 2.05) is 24.3 Å². The molecule has 1 aromatic heterocycles. The van der Waals surface area contributed by atoms with Crippen LogP contribution in [-0.4, -0.2) is 22.1 Å². The van der Waals surface area contributed by atoms with Crippen molar-refractivity contribution in [2.24, 2.45) is 0 Å². The van der Waals surface area contributed by atoms with Crippen molar-refractivity contribution in [1.82, 2.24) is 10.2 Å². The predicted molar refractivity (Wildman–Crippen MR) is 99.2 cm³/mol. The summed E-state index contributed by atoms with van der Waals surface area (Å²) in [6.45, 7) is 0. The van der Waals surface area contributed by atoms with Gasteiger partial charge in [-0.25, -0.2) is 0 Å². The van der Waals surface area contributed by atoms with Gasteiger partial charge >= 0.3 is 0 Å². The summed E-state index contributed by atoms with van der Waals surface area (Å²) in [5.41, 5.74) is 0.569. The van der Waals surface area contributed by atoms with Crippen LogP contribution in [0.3, 0.4) is 0 Å². The van der Waals surface area contributed by atoms with Crippen molar-refractivity contribution in [1.29, 1.82) is 0 Å². The van der Waals surface area contributed by atoms with Gasteiger partial charge < -0.3 is 10.6 Å². The average molecular weight is 389 g/mol. The Bertz CT molecular complexity index is 682. The zero-order chi connectivity index (χ0) is 16.8. The van der Waals surface area contributed by atoms with Crippen LogP contribution in [0.25, 0.3) is 0 Å². The molecule has 0 aliphatic heterocycles. The minimum absolute atomic E-state index is 0.207. The Morgan fingerprint density at radius 3 is 2.29 bits per heavy atom. The number of hydrogen-bond acceptors (Lipinski definition) is 4. The number of amides is 1. The number of nitrogens with zero attached hydrogens (tertiary/aromatic N) is 2. The molecule has 0 radical (unpaired) electrons. The van der Waals surface area contributed by atoms with Crippen molar-refractivity contribution in [3.63, 3.8) is 0 Å². The molecule has 1 aliphatic rings. The van der Waals surface area contributed by atoms with E-state index >= 15 is 0 Å². The first kappa shape index (κ1) is 16.9. The summed E-state index contributed by atoms with van der Waals surface area (Å²) >= 11 is 3.38. The molecular formula is C18H21BrN4O. The van der Waals surface area contributed by atoms with E-state index in [9.17, 15) is 4.79 Å². The van der Waals surface area contributed by atoms with E-state index in [0.717, 1.165) is 10.3 Å². The first-order valence-corrected chi connectivity index (χ1v) is 9.18. The van der Waals surface area contributed by atoms with Crippen LogP contribution in [0.4, 0.5) is 11.6 Å². The number of nitrogens with one attached hydrogen (secondary N) is 2. The molecule has 1 aliphatic carbocycles. The Labute approximate surface area is 150 Å². The van der Waals surface area contributed by atoms with E-state index in [-0.39, 0.29) is 5.91 Å². The molecule has 1 amide bonds. The smallest absolute Gasteiger partial charge is 0.258 e. The number of carbonyl (C=O) groups is 1. The Hall–Kier alpha value is -1.95. The van der Waals surface area contributed by atoms with E-state index in [4.69, 9.17) is 0 Å². The van der Waals surface area contributed by atoms with Crippen LogP contribution in [-0.2, 0) is 0 Å². The molecule has 2 N–H and O–H groups in total. The van der Waals surface area contributed by atoms with Gasteiger partial charge in [-0.2, -0.15) is 0 Å². The highest BCUT2D eigenvalue weighted by atomic mass is 79.9. The number of carbonyl (C=O) groups excluding carboxylic acids is 1. The summed E-state index contributed by atoms with van der Waals surface area (Å²) in [7, 11) is 0. The summed E-state index contributed by atoms with van der Waals surface area (Å²) in [4.78, 5) is 12.3. The molecule has 1 heterocycles. The van der Waals surface area contributed by atoms with E-state index in [0.29, 0.717) is 17.4 Å². The molecule has 0 saturated heterocycles. The number of benzene rings is 1. The molecule has 24 heavy (non-hydrogen) atoms. The maximum Gasteiger partial charge on any atom is 0.258 e. The van der Waals surface area contributed by atoms with E-state index < -0.39 is 0 Å². The van der Waals surface area contributed by atoms with Crippen molar-refractivity contribution in [2.45, 2.75) is 44.6 Å². The molecule has 0 spiro atoms. The second-order valence-electron chi connectivity index (χ2n) is 6.07. The van der Waals surface area contributed by atoms with E-state index in [1.54, 1.807) is 12.1 Å². The second-order valence-corrected chi connectivity index (χ2v) is 6.92. The minimum Gasteiger partial charge on any atom is -0.366 e. The highest BCUT2D eigenvalue weighted by Gasteiger charge is 2.13. The molecule has 0 unspecified atom stereocenters. The number of halogens is 1. The first-order chi connectivity index (χ1) is 11.7. The SMILES string of the molecule is O=C(Nc1ccc(NC2CCCCCC2)nn1)c1ccccc1Br. The quantitative estimate of drug-likeness (QED) is 0.749. The lowest BCUT2D eigenvalue weighted by atomic mass is 10.1. The Morgan fingerprint density at radius 2 is 1.62 bits per heavy atom. The fourth-order valence-corrected chi connectivity index (χ4v) is 3.40. The highest BCUT2D eigenvalue weighted by Crippen LogP contribution is 2.21. The largest absolute Gasteiger partial charge is 0.366 e. The van der Waals surface area contributed by atoms with Gasteiger partial charge in [0.1, 0.15) is 5.82 Å². The molecule has 0 atom stereocenters. The van der Waals surface area contributed by atoms with Crippen LogP contribution in [0, 0.1) is 0 Å². The van der Waals surface area contributed by atoms with Crippen molar-refractivity contribution in [3.8, 4) is 0 Å². The van der Waals surface area contributed by atoms with Crippen molar-refractivity contribution in [2.75, 3.05) is 10.6 Å². The fraction of sp³-hybridized carbons (Fsp3) is 0.389. The summed E-state index contributed by atoms with van der Waals surface area (Å²) in [5, 5.41) is 14.5. The van der Waals surface area contributed by atoms with Crippen LogP contribution in [0.15, 0.2) is 40.9 Å². The van der Waals surface area contributed by atoms with Crippen molar-refractivity contribution < 1.29 is 4.79 Å². The molecule has 1 fully saturated rings. The minimum atomic E-state index is -0.207. The molecule has 3 rings (SSSR count). The van der Waals surface area contributed by atoms with Gasteiger partial charge in [0.25, 0.3) is 5.91 Å². The predicted octanol–water partition coefficient (Wildman–Crippen LogP) is 4.63. The Morgan fingerprint density at radius 1 is 0.958 bits per heavy atom. The third-order valence-corrected chi connectivity index (χ3v) is 4.92. The van der Waals surface area contributed by atoms with Crippen molar-refractivity contribution >= 4 is 33.5 Å². The van der Waals surface area contributed by atoms with Crippen LogP contribution in [0.5, 0.6) is 0 Å². The van der Waals surface area contributed by atoms with Gasteiger partial charge in [0, 0.05) is 10.5 Å². The number of anilines is 2. The maximum absolute atomic E-state index is 12.3. The molecule has 0 bridgehead atoms. The van der Waals surface area contributed by atoms with Gasteiger partial charge in [0.2, 0.25) is 0 Å².